The van der Waals surface area contributed by atoms with Gasteiger partial charge in [0.25, 0.3) is 0 Å². The Labute approximate surface area is 151 Å². The van der Waals surface area contributed by atoms with Crippen LogP contribution in [0.1, 0.15) is 31.9 Å². The molecule has 25 heavy (non-hydrogen) atoms. The summed E-state index contributed by atoms with van der Waals surface area (Å²) in [6.45, 7) is 7.26. The van der Waals surface area contributed by atoms with Gasteiger partial charge in [-0.3, -0.25) is 4.90 Å². The maximum absolute atomic E-state index is 6.18. The normalized spacial score (nSPS) is 12.4. The van der Waals surface area contributed by atoms with E-state index in [1.165, 1.54) is 16.3 Å². The number of hydrogen-bond acceptors (Lipinski definition) is 2. The Morgan fingerprint density at radius 2 is 1.48 bits per heavy atom. The lowest BCUT2D eigenvalue weighted by molar-refractivity contribution is 0.178. The molecular formula is C23H27NO. The minimum absolute atomic E-state index is 0.395. The van der Waals surface area contributed by atoms with Crippen LogP contribution in [0.4, 0.5) is 0 Å². The SMILES string of the molecule is CCN(CC)C(CCOc1cccc2ccccc12)c1ccccc1. The molecule has 130 valence electrons. The molecule has 0 radical (unpaired) electrons. The first-order chi connectivity index (χ1) is 12.3. The fourth-order valence-electron chi connectivity index (χ4n) is 3.50. The number of hydrogen-bond donors (Lipinski definition) is 0. The maximum Gasteiger partial charge on any atom is 0.127 e. The average Bonchev–Trinajstić information content (AvgIpc) is 2.68. The Balaban J connectivity index is 1.73. The first-order valence-corrected chi connectivity index (χ1v) is 9.23. The minimum atomic E-state index is 0.395. The largest absolute Gasteiger partial charge is 0.493 e. The molecule has 0 spiro atoms. The molecule has 2 nitrogen and oxygen atoms in total. The quantitative estimate of drug-likeness (QED) is 0.525. The van der Waals surface area contributed by atoms with E-state index in [1.54, 1.807) is 0 Å². The van der Waals surface area contributed by atoms with Crippen LogP contribution in [-0.4, -0.2) is 24.6 Å². The highest BCUT2D eigenvalue weighted by Crippen LogP contribution is 2.27. The summed E-state index contributed by atoms with van der Waals surface area (Å²) in [5, 5.41) is 2.41. The van der Waals surface area contributed by atoms with Gasteiger partial charge in [-0.25, -0.2) is 0 Å². The average molecular weight is 333 g/mol. The molecule has 0 fully saturated rings. The van der Waals surface area contributed by atoms with Gasteiger partial charge in [-0.2, -0.15) is 0 Å². The third-order valence-corrected chi connectivity index (χ3v) is 4.84. The fourth-order valence-corrected chi connectivity index (χ4v) is 3.50. The van der Waals surface area contributed by atoms with Crippen molar-refractivity contribution in [1.29, 1.82) is 0 Å². The molecule has 0 saturated heterocycles. The summed E-state index contributed by atoms with van der Waals surface area (Å²) in [6.07, 6.45) is 0.981. The van der Waals surface area contributed by atoms with Crippen LogP contribution in [0.15, 0.2) is 72.8 Å². The van der Waals surface area contributed by atoms with Crippen molar-refractivity contribution in [3.05, 3.63) is 78.4 Å². The van der Waals surface area contributed by atoms with Gasteiger partial charge < -0.3 is 4.74 Å². The number of rotatable bonds is 8. The Kier molecular flexibility index (Phi) is 6.08. The van der Waals surface area contributed by atoms with Crippen molar-refractivity contribution < 1.29 is 4.74 Å². The third-order valence-electron chi connectivity index (χ3n) is 4.84. The highest BCUT2D eigenvalue weighted by molar-refractivity contribution is 5.88. The van der Waals surface area contributed by atoms with Gasteiger partial charge in [0, 0.05) is 17.8 Å². The molecule has 3 aromatic rings. The standard InChI is InChI=1S/C23H27NO/c1-3-24(4-2)22(20-12-6-5-7-13-20)17-18-25-23-16-10-14-19-11-8-9-15-21(19)23/h5-16,22H,3-4,17-18H2,1-2H3. The van der Waals surface area contributed by atoms with Crippen LogP contribution in [0.5, 0.6) is 5.75 Å². The minimum Gasteiger partial charge on any atom is -0.493 e. The van der Waals surface area contributed by atoms with Gasteiger partial charge in [0.15, 0.2) is 0 Å². The second kappa shape index (κ2) is 8.68. The van der Waals surface area contributed by atoms with Crippen molar-refractivity contribution in [2.45, 2.75) is 26.3 Å². The van der Waals surface area contributed by atoms with E-state index in [2.05, 4.69) is 91.5 Å². The number of benzene rings is 3. The van der Waals surface area contributed by atoms with Crippen LogP contribution in [-0.2, 0) is 0 Å². The first kappa shape index (κ1) is 17.5. The second-order valence-electron chi connectivity index (χ2n) is 6.26. The van der Waals surface area contributed by atoms with Gasteiger partial charge >= 0.3 is 0 Å². The zero-order valence-corrected chi connectivity index (χ0v) is 15.2. The van der Waals surface area contributed by atoms with Crippen molar-refractivity contribution in [2.75, 3.05) is 19.7 Å². The van der Waals surface area contributed by atoms with Gasteiger partial charge in [-0.05, 0) is 30.1 Å². The van der Waals surface area contributed by atoms with E-state index in [9.17, 15) is 0 Å². The smallest absolute Gasteiger partial charge is 0.127 e. The molecule has 0 N–H and O–H groups in total. The Bertz CT molecular complexity index is 775. The fraction of sp³-hybridized carbons (Fsp3) is 0.304. The second-order valence-corrected chi connectivity index (χ2v) is 6.26. The van der Waals surface area contributed by atoms with Crippen LogP contribution in [0.3, 0.4) is 0 Å². The van der Waals surface area contributed by atoms with Crippen molar-refractivity contribution in [1.82, 2.24) is 4.90 Å². The Morgan fingerprint density at radius 1 is 0.800 bits per heavy atom. The first-order valence-electron chi connectivity index (χ1n) is 9.23. The lowest BCUT2D eigenvalue weighted by Gasteiger charge is -2.30. The van der Waals surface area contributed by atoms with Crippen molar-refractivity contribution in [2.24, 2.45) is 0 Å². The van der Waals surface area contributed by atoms with E-state index < -0.39 is 0 Å². The zero-order valence-electron chi connectivity index (χ0n) is 15.2. The van der Waals surface area contributed by atoms with E-state index in [4.69, 9.17) is 4.74 Å². The molecular weight excluding hydrogens is 306 g/mol. The maximum atomic E-state index is 6.18. The molecule has 3 rings (SSSR count). The van der Waals surface area contributed by atoms with Crippen molar-refractivity contribution in [3.63, 3.8) is 0 Å². The number of fused-ring (bicyclic) bond motifs is 1. The summed E-state index contributed by atoms with van der Waals surface area (Å²) in [4.78, 5) is 2.50. The van der Waals surface area contributed by atoms with Crippen molar-refractivity contribution >= 4 is 10.8 Å². The van der Waals surface area contributed by atoms with Crippen molar-refractivity contribution in [3.8, 4) is 5.75 Å². The van der Waals surface area contributed by atoms with Gasteiger partial charge in [0.05, 0.1) is 6.61 Å². The predicted molar refractivity (Wildman–Crippen MR) is 106 cm³/mol. The van der Waals surface area contributed by atoms with Crippen LogP contribution >= 0.6 is 0 Å². The molecule has 0 aliphatic heterocycles. The van der Waals surface area contributed by atoms with E-state index in [1.807, 2.05) is 0 Å². The topological polar surface area (TPSA) is 12.5 Å². The monoisotopic (exact) mass is 333 g/mol. The van der Waals surface area contributed by atoms with E-state index >= 15 is 0 Å². The van der Waals surface area contributed by atoms with Crippen LogP contribution in [0.25, 0.3) is 10.8 Å². The summed E-state index contributed by atoms with van der Waals surface area (Å²) in [7, 11) is 0. The third kappa shape index (κ3) is 4.21. The summed E-state index contributed by atoms with van der Waals surface area (Å²) >= 11 is 0. The van der Waals surface area contributed by atoms with E-state index in [0.717, 1.165) is 25.3 Å². The van der Waals surface area contributed by atoms with Gasteiger partial charge in [0.2, 0.25) is 0 Å². The van der Waals surface area contributed by atoms with Crippen LogP contribution in [0, 0.1) is 0 Å². The Hall–Kier alpha value is -2.32. The lowest BCUT2D eigenvalue weighted by Crippen LogP contribution is -2.29. The molecule has 1 atom stereocenters. The molecule has 1 unspecified atom stereocenters. The molecule has 0 saturated carbocycles. The predicted octanol–water partition coefficient (Wildman–Crippen LogP) is 5.69. The Morgan fingerprint density at radius 3 is 2.24 bits per heavy atom. The summed E-state index contributed by atoms with van der Waals surface area (Å²) in [6, 6.07) is 25.8. The van der Waals surface area contributed by atoms with Crippen LogP contribution < -0.4 is 4.74 Å². The zero-order chi connectivity index (χ0) is 17.5. The van der Waals surface area contributed by atoms with E-state index in [0.29, 0.717) is 12.6 Å². The lowest BCUT2D eigenvalue weighted by atomic mass is 10.0. The van der Waals surface area contributed by atoms with E-state index in [-0.39, 0.29) is 0 Å². The number of nitrogens with zero attached hydrogens (tertiary/aromatic N) is 1. The molecule has 0 aliphatic carbocycles. The molecule has 0 bridgehead atoms. The molecule has 2 heteroatoms. The number of ether oxygens (including phenoxy) is 1. The summed E-state index contributed by atoms with van der Waals surface area (Å²) < 4.78 is 6.18. The molecule has 0 aliphatic rings. The van der Waals surface area contributed by atoms with Gasteiger partial charge in [0.1, 0.15) is 5.75 Å². The highest BCUT2D eigenvalue weighted by atomic mass is 16.5. The van der Waals surface area contributed by atoms with Gasteiger partial charge in [-0.15, -0.1) is 0 Å². The molecule has 0 heterocycles. The molecule has 0 aromatic heterocycles. The van der Waals surface area contributed by atoms with Gasteiger partial charge in [-0.1, -0.05) is 80.6 Å². The molecule has 0 amide bonds. The van der Waals surface area contributed by atoms with Crippen LogP contribution in [0.2, 0.25) is 0 Å². The summed E-state index contributed by atoms with van der Waals surface area (Å²) in [5.74, 6) is 0.976. The summed E-state index contributed by atoms with van der Waals surface area (Å²) in [5.41, 5.74) is 1.37. The highest BCUT2D eigenvalue weighted by Gasteiger charge is 2.17. The molecule has 3 aromatic carbocycles.